The molecule has 0 aliphatic heterocycles. The molecule has 702 valence electrons. The summed E-state index contributed by atoms with van der Waals surface area (Å²) in [6.07, 6.45) is 84.7. The first-order chi connectivity index (χ1) is 57.3. The molecule has 0 spiro atoms. The van der Waals surface area contributed by atoms with Gasteiger partial charge in [-0.05, 0) is 43.4 Å². The number of carbonyl (C=O) groups excluding carboxylic acids is 4. The highest BCUT2D eigenvalue weighted by Crippen LogP contribution is 2.45. The Bertz CT molecular complexity index is 2260. The first-order valence-corrected chi connectivity index (χ1v) is 54.0. The fourth-order valence-electron chi connectivity index (χ4n) is 15.6. The number of esters is 4. The third-order valence-corrected chi connectivity index (χ3v) is 26.4. The van der Waals surface area contributed by atoms with Crippen LogP contribution in [-0.4, -0.2) is 96.7 Å². The van der Waals surface area contributed by atoms with E-state index in [1.54, 1.807) is 0 Å². The predicted octanol–water partition coefficient (Wildman–Crippen LogP) is 31.2. The number of aliphatic hydroxyl groups excluding tert-OH is 1. The second kappa shape index (κ2) is 88.5. The SMILES string of the molecule is CCCCCCCCCCCCCCC(=O)OC[C@H](COP(=O)(O)OC[C@H](O)COP(=O)(O)OC[C@@H](COC(=O)CCCCCCCCCCCCCCCCCCCCC(C)CC)OC(=O)CCCCCCCCCCCCCCCCCCCCC(C)CC)OC(=O)CCCCCCCCCCCCCCCCCCCCC(C)CC. The van der Waals surface area contributed by atoms with E-state index < -0.39 is 97.5 Å². The van der Waals surface area contributed by atoms with Gasteiger partial charge in [-0.3, -0.25) is 37.3 Å². The monoisotopic (exact) mass is 1720 g/mol. The van der Waals surface area contributed by atoms with E-state index in [4.69, 9.17) is 37.0 Å². The topological polar surface area (TPSA) is 237 Å². The van der Waals surface area contributed by atoms with E-state index in [-0.39, 0.29) is 25.7 Å². The number of phosphoric acid groups is 2. The van der Waals surface area contributed by atoms with Crippen molar-refractivity contribution in [2.45, 2.75) is 555 Å². The molecule has 0 aromatic carbocycles. The minimum Gasteiger partial charge on any atom is -0.462 e. The highest BCUT2D eigenvalue weighted by atomic mass is 31.2. The van der Waals surface area contributed by atoms with Gasteiger partial charge in [-0.25, -0.2) is 9.13 Å². The molecule has 0 aromatic rings. The number of hydrogen-bond donors (Lipinski definition) is 3. The molecular formula is C99H194O17P2. The van der Waals surface area contributed by atoms with Crippen LogP contribution >= 0.6 is 15.6 Å². The molecule has 118 heavy (non-hydrogen) atoms. The van der Waals surface area contributed by atoms with Crippen molar-refractivity contribution in [2.75, 3.05) is 39.6 Å². The van der Waals surface area contributed by atoms with E-state index in [0.717, 1.165) is 108 Å². The maximum Gasteiger partial charge on any atom is 0.472 e. The minimum absolute atomic E-state index is 0.109. The molecule has 3 N–H and O–H groups in total. The summed E-state index contributed by atoms with van der Waals surface area (Å²) in [5.74, 6) is 0.528. The number of hydrogen-bond acceptors (Lipinski definition) is 15. The molecule has 8 atom stereocenters. The van der Waals surface area contributed by atoms with Gasteiger partial charge < -0.3 is 33.8 Å². The van der Waals surface area contributed by atoms with Crippen LogP contribution in [0.25, 0.3) is 0 Å². The van der Waals surface area contributed by atoms with Gasteiger partial charge >= 0.3 is 39.5 Å². The van der Waals surface area contributed by atoms with Crippen LogP contribution in [0.5, 0.6) is 0 Å². The van der Waals surface area contributed by atoms with E-state index in [9.17, 15) is 43.2 Å². The Morgan fingerprint density at radius 2 is 0.407 bits per heavy atom. The summed E-state index contributed by atoms with van der Waals surface area (Å²) in [7, 11) is -9.95. The molecule has 0 aromatic heterocycles. The van der Waals surface area contributed by atoms with Crippen molar-refractivity contribution in [2.24, 2.45) is 17.8 Å². The molecule has 17 nitrogen and oxygen atoms in total. The maximum atomic E-state index is 13.2. The lowest BCUT2D eigenvalue weighted by molar-refractivity contribution is -0.161. The molecular weight excluding hydrogens is 1520 g/mol. The van der Waals surface area contributed by atoms with Crippen LogP contribution in [0.4, 0.5) is 0 Å². The molecule has 0 aliphatic rings. The fourth-order valence-corrected chi connectivity index (χ4v) is 17.1. The molecule has 19 heteroatoms. The highest BCUT2D eigenvalue weighted by Gasteiger charge is 2.31. The van der Waals surface area contributed by atoms with Crippen molar-refractivity contribution in [1.29, 1.82) is 0 Å². The van der Waals surface area contributed by atoms with Crippen LogP contribution in [0.2, 0.25) is 0 Å². The number of phosphoric ester groups is 2. The molecule has 0 radical (unpaired) electrons. The summed E-state index contributed by atoms with van der Waals surface area (Å²) in [6.45, 7) is 12.3. The number of unbranched alkanes of at least 4 members (excludes halogenated alkanes) is 62. The van der Waals surface area contributed by atoms with E-state index in [1.165, 1.54) is 347 Å². The van der Waals surface area contributed by atoms with Gasteiger partial charge in [0.2, 0.25) is 0 Å². The molecule has 0 amide bonds. The summed E-state index contributed by atoms with van der Waals surface area (Å²) in [4.78, 5) is 73.7. The molecule has 0 bridgehead atoms. The van der Waals surface area contributed by atoms with Crippen LogP contribution in [0, 0.1) is 17.8 Å². The summed E-state index contributed by atoms with van der Waals surface area (Å²) in [6, 6.07) is 0. The van der Waals surface area contributed by atoms with Crippen molar-refractivity contribution < 1.29 is 80.2 Å². The van der Waals surface area contributed by atoms with Crippen LogP contribution < -0.4 is 0 Å². The number of ether oxygens (including phenoxy) is 4. The van der Waals surface area contributed by atoms with Crippen LogP contribution in [0.3, 0.4) is 0 Å². The zero-order valence-electron chi connectivity index (χ0n) is 78.4. The van der Waals surface area contributed by atoms with Crippen LogP contribution in [0.15, 0.2) is 0 Å². The largest absolute Gasteiger partial charge is 0.472 e. The lowest BCUT2D eigenvalue weighted by Crippen LogP contribution is -2.30. The van der Waals surface area contributed by atoms with Crippen molar-refractivity contribution in [3.05, 3.63) is 0 Å². The van der Waals surface area contributed by atoms with E-state index in [0.29, 0.717) is 25.7 Å². The molecule has 0 heterocycles. The average molecular weight is 1720 g/mol. The second-order valence-electron chi connectivity index (χ2n) is 36.3. The summed E-state index contributed by atoms with van der Waals surface area (Å²) in [5, 5.41) is 10.7. The Labute approximate surface area is 728 Å². The van der Waals surface area contributed by atoms with E-state index >= 15 is 0 Å². The van der Waals surface area contributed by atoms with E-state index in [1.807, 2.05) is 0 Å². The van der Waals surface area contributed by atoms with Crippen molar-refractivity contribution in [1.82, 2.24) is 0 Å². The van der Waals surface area contributed by atoms with Gasteiger partial charge in [0.25, 0.3) is 0 Å². The first kappa shape index (κ1) is 116. The van der Waals surface area contributed by atoms with E-state index in [2.05, 4.69) is 48.5 Å². The number of carbonyl (C=O) groups is 4. The Hall–Kier alpha value is -1.94. The van der Waals surface area contributed by atoms with Crippen molar-refractivity contribution >= 4 is 39.5 Å². The average Bonchev–Trinajstić information content (AvgIpc) is 0.895. The molecule has 0 saturated heterocycles. The standard InChI is InChI=1S/C99H194O17P2/c1-8-12-13-14-15-16-17-45-52-59-66-73-80-96(101)109-86-94(115-98(103)82-75-68-61-54-47-40-34-28-22-19-25-31-37-43-50-57-64-71-78-91(6)10-3)88-113-117(105,106)111-84-93(100)85-112-118(107,108)114-89-95(116-99(104)83-76-69-62-55-48-41-35-29-23-20-26-32-38-44-51-58-65-72-79-92(7)11-4)87-110-97(102)81-74-67-60-53-46-39-33-27-21-18-24-30-36-42-49-56-63-70-77-90(5)9-2/h90-95,100H,8-89H2,1-7H3,(H,105,106)(H,107,108)/t90?,91?,92?,93-,94+,95+/m0/s1. The molecule has 0 rings (SSSR count). The highest BCUT2D eigenvalue weighted by molar-refractivity contribution is 7.47. The van der Waals surface area contributed by atoms with Crippen LogP contribution in [0.1, 0.15) is 536 Å². The number of aliphatic hydroxyl groups is 1. The first-order valence-electron chi connectivity index (χ1n) is 51.0. The zero-order chi connectivity index (χ0) is 86.4. The third kappa shape index (κ3) is 87.5. The van der Waals surface area contributed by atoms with Crippen LogP contribution in [-0.2, 0) is 65.4 Å². The normalized spacial score (nSPS) is 14.4. The third-order valence-electron chi connectivity index (χ3n) is 24.5. The molecule has 0 aliphatic carbocycles. The molecule has 0 saturated carbocycles. The Morgan fingerprint density at radius 3 is 0.602 bits per heavy atom. The minimum atomic E-state index is -4.98. The predicted molar refractivity (Wildman–Crippen MR) is 492 cm³/mol. The van der Waals surface area contributed by atoms with Crippen molar-refractivity contribution in [3.63, 3.8) is 0 Å². The van der Waals surface area contributed by atoms with Gasteiger partial charge in [-0.2, -0.15) is 0 Å². The smallest absolute Gasteiger partial charge is 0.462 e. The number of rotatable bonds is 97. The fraction of sp³-hybridized carbons (Fsp3) is 0.960. The Balaban J connectivity index is 5.23. The summed E-state index contributed by atoms with van der Waals surface area (Å²) >= 11 is 0. The van der Waals surface area contributed by atoms with Gasteiger partial charge in [-0.1, -0.05) is 485 Å². The van der Waals surface area contributed by atoms with Gasteiger partial charge in [0.05, 0.1) is 26.4 Å². The quantitative estimate of drug-likeness (QED) is 0.0222. The van der Waals surface area contributed by atoms with Gasteiger partial charge in [-0.15, -0.1) is 0 Å². The lowest BCUT2D eigenvalue weighted by atomic mass is 9.99. The second-order valence-corrected chi connectivity index (χ2v) is 39.2. The Morgan fingerprint density at radius 1 is 0.237 bits per heavy atom. The van der Waals surface area contributed by atoms with Gasteiger partial charge in [0.15, 0.2) is 12.2 Å². The van der Waals surface area contributed by atoms with Crippen molar-refractivity contribution in [3.8, 4) is 0 Å². The lowest BCUT2D eigenvalue weighted by Gasteiger charge is -2.21. The maximum absolute atomic E-state index is 13.2. The Kier molecular flexibility index (Phi) is 87.0. The molecule has 0 fully saturated rings. The molecule has 5 unspecified atom stereocenters. The van der Waals surface area contributed by atoms with Gasteiger partial charge in [0.1, 0.15) is 19.3 Å². The zero-order valence-corrected chi connectivity index (χ0v) is 80.2. The summed E-state index contributed by atoms with van der Waals surface area (Å²) in [5.41, 5.74) is 0. The van der Waals surface area contributed by atoms with Gasteiger partial charge in [0, 0.05) is 25.7 Å². The summed E-state index contributed by atoms with van der Waals surface area (Å²) < 4.78 is 69.3.